The quantitative estimate of drug-likeness (QED) is 0.263. The van der Waals surface area contributed by atoms with Crippen molar-refractivity contribution in [3.63, 3.8) is 0 Å². The highest BCUT2D eigenvalue weighted by atomic mass is 28.4. The van der Waals surface area contributed by atoms with Crippen molar-refractivity contribution in [3.8, 4) is 5.75 Å². The Balaban J connectivity index is 1.40. The number of rotatable bonds is 7. The summed E-state index contributed by atoms with van der Waals surface area (Å²) in [6, 6.07) is 10.7. The molecule has 3 fully saturated rings. The van der Waals surface area contributed by atoms with Crippen LogP contribution >= 0.6 is 0 Å². The predicted octanol–water partition coefficient (Wildman–Crippen LogP) is 8.81. The van der Waals surface area contributed by atoms with Crippen molar-refractivity contribution < 1.29 is 14.0 Å². The van der Waals surface area contributed by atoms with E-state index < -0.39 is 8.32 Å². The van der Waals surface area contributed by atoms with Crippen LogP contribution in [0.5, 0.6) is 5.75 Å². The summed E-state index contributed by atoms with van der Waals surface area (Å²) in [4.78, 5) is 17.6. The van der Waals surface area contributed by atoms with E-state index in [2.05, 4.69) is 91.0 Å². The zero-order chi connectivity index (χ0) is 27.2. The summed E-state index contributed by atoms with van der Waals surface area (Å²) in [5, 5.41) is 1.12. The highest BCUT2D eigenvalue weighted by Crippen LogP contribution is 2.53. The van der Waals surface area contributed by atoms with Gasteiger partial charge in [0.05, 0.1) is 17.1 Å². The third kappa shape index (κ3) is 4.84. The van der Waals surface area contributed by atoms with Crippen LogP contribution in [0.1, 0.15) is 86.3 Å². The molecule has 0 radical (unpaired) electrons. The fourth-order valence-corrected chi connectivity index (χ4v) is 13.9. The lowest BCUT2D eigenvalue weighted by Crippen LogP contribution is -2.50. The van der Waals surface area contributed by atoms with Crippen LogP contribution in [0, 0.1) is 29.6 Å². The van der Waals surface area contributed by atoms with E-state index in [-0.39, 0.29) is 18.0 Å². The van der Waals surface area contributed by atoms with Crippen LogP contribution < -0.4 is 4.43 Å². The number of cyclic esters (lactones) is 1. The number of aromatic nitrogens is 1. The van der Waals surface area contributed by atoms with Crippen molar-refractivity contribution >= 4 is 31.3 Å². The predicted molar refractivity (Wildman–Crippen MR) is 159 cm³/mol. The highest BCUT2D eigenvalue weighted by Gasteiger charge is 2.53. The molecule has 1 aliphatic heterocycles. The van der Waals surface area contributed by atoms with Gasteiger partial charge in [-0.15, -0.1) is 0 Å². The third-order valence-electron chi connectivity index (χ3n) is 10.2. The van der Waals surface area contributed by atoms with Gasteiger partial charge in [-0.3, -0.25) is 4.79 Å². The lowest BCUT2D eigenvalue weighted by Gasteiger charge is -2.45. The molecule has 6 atom stereocenters. The van der Waals surface area contributed by atoms with E-state index in [4.69, 9.17) is 14.1 Å². The number of nitrogens with zero attached hydrogens (tertiary/aromatic N) is 1. The molecule has 0 amide bonds. The Labute approximate surface area is 230 Å². The zero-order valence-corrected chi connectivity index (χ0v) is 25.4. The average molecular weight is 534 g/mol. The molecular formula is C33H47NO3Si. The molecule has 0 bridgehead atoms. The molecule has 0 spiro atoms. The van der Waals surface area contributed by atoms with Crippen molar-refractivity contribution in [2.24, 2.45) is 29.6 Å². The maximum Gasteiger partial charge on any atom is 0.309 e. The van der Waals surface area contributed by atoms with Crippen molar-refractivity contribution in [1.82, 2.24) is 4.98 Å². The van der Waals surface area contributed by atoms with Crippen LogP contribution in [0.3, 0.4) is 0 Å². The smallest absolute Gasteiger partial charge is 0.309 e. The molecular weight excluding hydrogens is 486 g/mol. The van der Waals surface area contributed by atoms with Gasteiger partial charge in [-0.2, -0.15) is 0 Å². The van der Waals surface area contributed by atoms with Crippen LogP contribution in [-0.4, -0.2) is 25.4 Å². The maximum absolute atomic E-state index is 12.6. The molecule has 2 aliphatic carbocycles. The van der Waals surface area contributed by atoms with Gasteiger partial charge in [0.15, 0.2) is 0 Å². The van der Waals surface area contributed by atoms with Crippen LogP contribution in [0.15, 0.2) is 36.4 Å². The topological polar surface area (TPSA) is 48.4 Å². The molecule has 2 aromatic rings. The Hall–Kier alpha value is -2.14. The average Bonchev–Trinajstić information content (AvgIpc) is 3.17. The Morgan fingerprint density at radius 1 is 1.00 bits per heavy atom. The molecule has 3 aliphatic rings. The number of benzene rings is 1. The molecule has 5 heteroatoms. The SMILES string of the molecule is CC(C)[Si](Oc1ccc2nc(C=CC3C4CCCC[C@H]4C[C@H]4C(=O)O[C@H](C)[C@@H]34)ccc2c1)(C(C)C)C(C)C. The van der Waals surface area contributed by atoms with Crippen LogP contribution in [0.2, 0.25) is 16.6 Å². The van der Waals surface area contributed by atoms with E-state index in [1.54, 1.807) is 0 Å². The molecule has 2 heterocycles. The fraction of sp³-hybridized carbons (Fsp3) is 0.636. The van der Waals surface area contributed by atoms with Gasteiger partial charge in [0, 0.05) is 11.3 Å². The van der Waals surface area contributed by atoms with Crippen LogP contribution in [-0.2, 0) is 9.53 Å². The number of fused-ring (bicyclic) bond motifs is 3. The summed E-state index contributed by atoms with van der Waals surface area (Å²) in [7, 11) is -2.00. The minimum atomic E-state index is -2.00. The number of esters is 1. The number of ether oxygens (including phenoxy) is 1. The summed E-state index contributed by atoms with van der Waals surface area (Å²) in [5.41, 5.74) is 3.59. The zero-order valence-electron chi connectivity index (χ0n) is 24.4. The molecule has 1 saturated heterocycles. The molecule has 0 N–H and O–H groups in total. The first-order valence-corrected chi connectivity index (χ1v) is 17.2. The largest absolute Gasteiger partial charge is 0.543 e. The summed E-state index contributed by atoms with van der Waals surface area (Å²) < 4.78 is 12.7. The van der Waals surface area contributed by atoms with Gasteiger partial charge in [-0.25, -0.2) is 4.98 Å². The van der Waals surface area contributed by atoms with E-state index in [0.717, 1.165) is 28.8 Å². The minimum Gasteiger partial charge on any atom is -0.543 e. The molecule has 1 aromatic carbocycles. The highest BCUT2D eigenvalue weighted by molar-refractivity contribution is 6.78. The Kier molecular flexibility index (Phi) is 7.79. The summed E-state index contributed by atoms with van der Waals surface area (Å²) in [5.74, 6) is 3.07. The van der Waals surface area contributed by atoms with E-state index >= 15 is 0 Å². The molecule has 5 rings (SSSR count). The van der Waals surface area contributed by atoms with Crippen molar-refractivity contribution in [1.29, 1.82) is 0 Å². The molecule has 38 heavy (non-hydrogen) atoms. The van der Waals surface area contributed by atoms with Gasteiger partial charge in [0.25, 0.3) is 8.32 Å². The molecule has 2 saturated carbocycles. The molecule has 206 valence electrons. The Bertz CT molecular complexity index is 1170. The third-order valence-corrected chi connectivity index (χ3v) is 16.3. The number of pyridine rings is 1. The standard InChI is InChI=1S/C33H47NO3Si/c1-20(2)38(21(3)4,22(5)6)37-27-15-17-31-25(18-27)12-13-26(34-31)14-16-29-28-11-9-8-10-24(28)19-30-32(29)23(7)36-33(30)35/h12-18,20-24,28-30,32H,8-11,19H2,1-7H3/t23-,24+,28?,29?,30-,32+/m1/s1. The number of hydrogen-bond donors (Lipinski definition) is 0. The van der Waals surface area contributed by atoms with Gasteiger partial charge in [0.1, 0.15) is 11.9 Å². The number of hydrogen-bond acceptors (Lipinski definition) is 4. The monoisotopic (exact) mass is 533 g/mol. The van der Waals surface area contributed by atoms with Crippen LogP contribution in [0.25, 0.3) is 17.0 Å². The number of carbonyl (C=O) groups is 1. The normalized spacial score (nSPS) is 29.8. The first kappa shape index (κ1) is 27.4. The van der Waals surface area contributed by atoms with Gasteiger partial charge in [-0.05, 0) is 84.5 Å². The Morgan fingerprint density at radius 2 is 1.71 bits per heavy atom. The van der Waals surface area contributed by atoms with Crippen molar-refractivity contribution in [3.05, 3.63) is 42.1 Å². The van der Waals surface area contributed by atoms with Gasteiger partial charge >= 0.3 is 5.97 Å². The molecule has 4 nitrogen and oxygen atoms in total. The summed E-state index contributed by atoms with van der Waals surface area (Å²) in [6.45, 7) is 16.0. The van der Waals surface area contributed by atoms with Gasteiger partial charge in [-0.1, -0.05) is 72.9 Å². The molecule has 1 aromatic heterocycles. The van der Waals surface area contributed by atoms with Gasteiger partial charge in [0.2, 0.25) is 0 Å². The van der Waals surface area contributed by atoms with E-state index in [9.17, 15) is 4.79 Å². The lowest BCUT2D eigenvalue weighted by molar-refractivity contribution is -0.144. The van der Waals surface area contributed by atoms with Crippen LogP contribution in [0.4, 0.5) is 0 Å². The maximum atomic E-state index is 12.6. The van der Waals surface area contributed by atoms with E-state index in [1.165, 1.54) is 25.7 Å². The second-order valence-corrected chi connectivity index (χ2v) is 18.6. The lowest BCUT2D eigenvalue weighted by atomic mass is 9.57. The summed E-state index contributed by atoms with van der Waals surface area (Å²) in [6.07, 6.45) is 10.7. The summed E-state index contributed by atoms with van der Waals surface area (Å²) >= 11 is 0. The second-order valence-electron chi connectivity index (χ2n) is 13.2. The van der Waals surface area contributed by atoms with E-state index in [1.807, 2.05) is 0 Å². The number of carbonyl (C=O) groups excluding carboxylic acids is 1. The Morgan fingerprint density at radius 3 is 2.42 bits per heavy atom. The molecule has 2 unspecified atom stereocenters. The first-order valence-electron chi connectivity index (χ1n) is 15.1. The minimum absolute atomic E-state index is 0.00574. The van der Waals surface area contributed by atoms with Gasteiger partial charge < -0.3 is 9.16 Å². The second kappa shape index (κ2) is 10.8. The van der Waals surface area contributed by atoms with Crippen molar-refractivity contribution in [2.45, 2.75) is 103 Å². The van der Waals surface area contributed by atoms with E-state index in [0.29, 0.717) is 40.3 Å². The number of allylic oxidation sites excluding steroid dienone is 1. The fourth-order valence-electron chi connectivity index (χ4n) is 8.63. The first-order chi connectivity index (χ1) is 18.1. The van der Waals surface area contributed by atoms with Crippen molar-refractivity contribution in [2.75, 3.05) is 0 Å².